The summed E-state index contributed by atoms with van der Waals surface area (Å²) in [5.74, 6) is 1.58. The number of hydrogen-bond donors (Lipinski definition) is 2. The lowest BCUT2D eigenvalue weighted by Gasteiger charge is -2.32. The highest BCUT2D eigenvalue weighted by atomic mass is 16.2. The summed E-state index contributed by atoms with van der Waals surface area (Å²) in [5, 5.41) is 6.56. The molecule has 1 aliphatic carbocycles. The summed E-state index contributed by atoms with van der Waals surface area (Å²) < 4.78 is 0. The summed E-state index contributed by atoms with van der Waals surface area (Å²) in [7, 11) is 2.17. The van der Waals surface area contributed by atoms with Gasteiger partial charge in [-0.25, -0.2) is 0 Å². The molecule has 3 unspecified atom stereocenters. The number of nitrogens with one attached hydrogen (secondary N) is 2. The van der Waals surface area contributed by atoms with E-state index in [0.717, 1.165) is 51.7 Å². The summed E-state index contributed by atoms with van der Waals surface area (Å²) in [5.41, 5.74) is 0. The van der Waals surface area contributed by atoms with Gasteiger partial charge in [0.25, 0.3) is 0 Å². The third-order valence-electron chi connectivity index (χ3n) is 5.35. The average molecular weight is 280 g/mol. The number of rotatable bonds is 4. The van der Waals surface area contributed by atoms with Crippen LogP contribution in [0.5, 0.6) is 0 Å². The molecule has 3 fully saturated rings. The molecule has 0 aromatic carbocycles. The van der Waals surface area contributed by atoms with E-state index in [1.54, 1.807) is 0 Å². The fraction of sp³-hybridized carbons (Fsp3) is 0.933. The van der Waals surface area contributed by atoms with Gasteiger partial charge in [0.15, 0.2) is 0 Å². The van der Waals surface area contributed by atoms with Crippen molar-refractivity contribution in [3.63, 3.8) is 0 Å². The molecule has 114 valence electrons. The smallest absolute Gasteiger partial charge is 0.237 e. The van der Waals surface area contributed by atoms with E-state index < -0.39 is 0 Å². The molecule has 0 aromatic heterocycles. The molecule has 0 radical (unpaired) electrons. The predicted octanol–water partition coefficient (Wildman–Crippen LogP) is -0.262. The Morgan fingerprint density at radius 1 is 1.25 bits per heavy atom. The Hall–Kier alpha value is -0.650. The Kier molecular flexibility index (Phi) is 4.58. The van der Waals surface area contributed by atoms with Gasteiger partial charge in [-0.2, -0.15) is 0 Å². The fourth-order valence-electron chi connectivity index (χ4n) is 3.99. The van der Waals surface area contributed by atoms with E-state index in [1.165, 1.54) is 19.3 Å². The number of nitrogens with zero attached hydrogens (tertiary/aromatic N) is 2. The van der Waals surface area contributed by atoms with Crippen LogP contribution < -0.4 is 10.6 Å². The lowest BCUT2D eigenvalue weighted by atomic mass is 9.94. The van der Waals surface area contributed by atoms with E-state index in [4.69, 9.17) is 0 Å². The van der Waals surface area contributed by atoms with Crippen LogP contribution in [0, 0.1) is 11.8 Å². The van der Waals surface area contributed by atoms with Crippen LogP contribution in [0.25, 0.3) is 0 Å². The standard InChI is InChI=1S/C15H28N4O/c1-18-7-9-19(10-8-18)6-5-16-15(20)14-13-4-2-3-12(13)11-17-14/h12-14,17H,2-11H2,1H3,(H,16,20). The highest BCUT2D eigenvalue weighted by molar-refractivity contribution is 5.82. The Bertz CT molecular complexity index is 341. The Morgan fingerprint density at radius 3 is 2.85 bits per heavy atom. The van der Waals surface area contributed by atoms with Crippen molar-refractivity contribution in [1.29, 1.82) is 0 Å². The molecule has 3 atom stereocenters. The zero-order valence-electron chi connectivity index (χ0n) is 12.6. The van der Waals surface area contributed by atoms with Crippen molar-refractivity contribution in [3.05, 3.63) is 0 Å². The lowest BCUT2D eigenvalue weighted by molar-refractivity contribution is -0.123. The minimum atomic E-state index is 0.0787. The molecule has 5 nitrogen and oxygen atoms in total. The maximum absolute atomic E-state index is 12.3. The number of carbonyl (C=O) groups is 1. The molecule has 2 heterocycles. The normalized spacial score (nSPS) is 35.1. The first-order chi connectivity index (χ1) is 9.74. The molecule has 0 aromatic rings. The second-order valence-electron chi connectivity index (χ2n) is 6.68. The Morgan fingerprint density at radius 2 is 2.05 bits per heavy atom. The first-order valence-corrected chi connectivity index (χ1v) is 8.16. The van der Waals surface area contributed by atoms with E-state index in [0.29, 0.717) is 5.92 Å². The van der Waals surface area contributed by atoms with Crippen molar-refractivity contribution in [2.24, 2.45) is 11.8 Å². The van der Waals surface area contributed by atoms with Crippen molar-refractivity contribution >= 4 is 5.91 Å². The van der Waals surface area contributed by atoms with Crippen LogP contribution in [0.15, 0.2) is 0 Å². The van der Waals surface area contributed by atoms with Gasteiger partial charge in [0, 0.05) is 39.3 Å². The van der Waals surface area contributed by atoms with E-state index in [9.17, 15) is 4.79 Å². The monoisotopic (exact) mass is 280 g/mol. The fourth-order valence-corrected chi connectivity index (χ4v) is 3.99. The first-order valence-electron chi connectivity index (χ1n) is 8.16. The number of fused-ring (bicyclic) bond motifs is 1. The molecule has 3 aliphatic rings. The summed E-state index contributed by atoms with van der Waals surface area (Å²) >= 11 is 0. The molecule has 0 bridgehead atoms. The van der Waals surface area contributed by atoms with E-state index in [1.807, 2.05) is 0 Å². The minimum Gasteiger partial charge on any atom is -0.353 e. The molecule has 2 N–H and O–H groups in total. The van der Waals surface area contributed by atoms with Gasteiger partial charge in [-0.3, -0.25) is 9.69 Å². The van der Waals surface area contributed by atoms with Crippen LogP contribution in [-0.2, 0) is 4.79 Å². The van der Waals surface area contributed by atoms with Gasteiger partial charge in [0.2, 0.25) is 5.91 Å². The minimum absolute atomic E-state index is 0.0787. The molecular formula is C15H28N4O. The zero-order valence-corrected chi connectivity index (χ0v) is 12.6. The highest BCUT2D eigenvalue weighted by Gasteiger charge is 2.42. The average Bonchev–Trinajstić information content (AvgIpc) is 3.03. The SMILES string of the molecule is CN1CCN(CCNC(=O)C2NCC3CCCC32)CC1. The molecular weight excluding hydrogens is 252 g/mol. The van der Waals surface area contributed by atoms with Crippen LogP contribution in [-0.4, -0.2) is 74.6 Å². The predicted molar refractivity (Wildman–Crippen MR) is 79.6 cm³/mol. The summed E-state index contributed by atoms with van der Waals surface area (Å²) in [6, 6.07) is 0.0787. The number of piperazine rings is 1. The van der Waals surface area contributed by atoms with Crippen LogP contribution >= 0.6 is 0 Å². The van der Waals surface area contributed by atoms with E-state index >= 15 is 0 Å². The van der Waals surface area contributed by atoms with Gasteiger partial charge in [0.1, 0.15) is 0 Å². The lowest BCUT2D eigenvalue weighted by Crippen LogP contribution is -2.49. The van der Waals surface area contributed by atoms with Crippen LogP contribution in [0.1, 0.15) is 19.3 Å². The van der Waals surface area contributed by atoms with Crippen molar-refractivity contribution < 1.29 is 4.79 Å². The van der Waals surface area contributed by atoms with Crippen LogP contribution in [0.4, 0.5) is 0 Å². The summed E-state index contributed by atoms with van der Waals surface area (Å²) in [6.07, 6.45) is 3.85. The van der Waals surface area contributed by atoms with Gasteiger partial charge >= 0.3 is 0 Å². The molecule has 0 spiro atoms. The van der Waals surface area contributed by atoms with Crippen molar-refractivity contribution in [1.82, 2.24) is 20.4 Å². The molecule has 1 amide bonds. The largest absolute Gasteiger partial charge is 0.353 e. The second-order valence-corrected chi connectivity index (χ2v) is 6.68. The topological polar surface area (TPSA) is 47.6 Å². The Labute approximate surface area is 122 Å². The molecule has 2 saturated heterocycles. The van der Waals surface area contributed by atoms with Gasteiger partial charge in [0.05, 0.1) is 6.04 Å². The second kappa shape index (κ2) is 6.41. The molecule has 3 rings (SSSR count). The first kappa shape index (κ1) is 14.3. The van der Waals surface area contributed by atoms with Crippen LogP contribution in [0.2, 0.25) is 0 Å². The molecule has 2 aliphatic heterocycles. The summed E-state index contributed by atoms with van der Waals surface area (Å²) in [6.45, 7) is 7.35. The van der Waals surface area contributed by atoms with Crippen LogP contribution in [0.3, 0.4) is 0 Å². The van der Waals surface area contributed by atoms with Crippen molar-refractivity contribution in [2.45, 2.75) is 25.3 Å². The molecule has 1 saturated carbocycles. The molecule has 20 heavy (non-hydrogen) atoms. The highest BCUT2D eigenvalue weighted by Crippen LogP contribution is 2.37. The quantitative estimate of drug-likeness (QED) is 0.745. The van der Waals surface area contributed by atoms with Gasteiger partial charge < -0.3 is 15.5 Å². The molecule has 5 heteroatoms. The summed E-state index contributed by atoms with van der Waals surface area (Å²) in [4.78, 5) is 17.1. The van der Waals surface area contributed by atoms with E-state index in [-0.39, 0.29) is 11.9 Å². The number of likely N-dealkylation sites (N-methyl/N-ethyl adjacent to an activating group) is 1. The van der Waals surface area contributed by atoms with Crippen molar-refractivity contribution in [2.75, 3.05) is 52.9 Å². The number of carbonyl (C=O) groups excluding carboxylic acids is 1. The van der Waals surface area contributed by atoms with Gasteiger partial charge in [-0.1, -0.05) is 6.42 Å². The Balaban J connectivity index is 1.37. The maximum Gasteiger partial charge on any atom is 0.237 e. The van der Waals surface area contributed by atoms with Crippen molar-refractivity contribution in [3.8, 4) is 0 Å². The van der Waals surface area contributed by atoms with Gasteiger partial charge in [-0.15, -0.1) is 0 Å². The number of amides is 1. The number of hydrogen-bond acceptors (Lipinski definition) is 4. The third-order valence-corrected chi connectivity index (χ3v) is 5.35. The van der Waals surface area contributed by atoms with Gasteiger partial charge in [-0.05, 0) is 38.3 Å². The third kappa shape index (κ3) is 3.15. The van der Waals surface area contributed by atoms with E-state index in [2.05, 4.69) is 27.5 Å². The maximum atomic E-state index is 12.3. The zero-order chi connectivity index (χ0) is 13.9.